The van der Waals surface area contributed by atoms with Crippen LogP contribution in [-0.2, 0) is 14.6 Å². The number of rotatable bonds is 4. The lowest BCUT2D eigenvalue weighted by Gasteiger charge is -2.09. The van der Waals surface area contributed by atoms with Gasteiger partial charge in [-0.1, -0.05) is 0 Å². The largest absolute Gasteiger partial charge is 0.399 e. The van der Waals surface area contributed by atoms with Crippen LogP contribution in [0, 0.1) is 6.92 Å². The van der Waals surface area contributed by atoms with Gasteiger partial charge in [-0.3, -0.25) is 4.79 Å². The van der Waals surface area contributed by atoms with Gasteiger partial charge in [0.05, 0.1) is 4.90 Å². The minimum absolute atomic E-state index is 0.0825. The highest BCUT2D eigenvalue weighted by Gasteiger charge is 2.20. The van der Waals surface area contributed by atoms with E-state index in [2.05, 4.69) is 5.32 Å². The fourth-order valence-electron chi connectivity index (χ4n) is 1.46. The maximum atomic E-state index is 12.0. The molecular weight excluding hydrogens is 252 g/mol. The minimum Gasteiger partial charge on any atom is -0.399 e. The number of amides is 1. The monoisotopic (exact) mass is 270 g/mol. The molecule has 6 heteroatoms. The summed E-state index contributed by atoms with van der Waals surface area (Å²) >= 11 is 0. The third-order valence-electron chi connectivity index (χ3n) is 2.37. The van der Waals surface area contributed by atoms with E-state index in [0.717, 1.165) is 0 Å². The van der Waals surface area contributed by atoms with Crippen LogP contribution < -0.4 is 11.1 Å². The molecule has 0 aromatic heterocycles. The second-order valence-electron chi connectivity index (χ2n) is 4.50. The molecule has 1 aromatic rings. The lowest BCUT2D eigenvalue weighted by atomic mass is 10.2. The number of sulfone groups is 1. The Bertz CT molecular complexity index is 550. The van der Waals surface area contributed by atoms with Gasteiger partial charge in [0.25, 0.3) is 0 Å². The first-order valence-electron chi connectivity index (χ1n) is 5.60. The van der Waals surface area contributed by atoms with Crippen LogP contribution >= 0.6 is 0 Å². The topological polar surface area (TPSA) is 89.3 Å². The van der Waals surface area contributed by atoms with E-state index < -0.39 is 21.5 Å². The molecule has 1 amide bonds. The zero-order valence-electron chi connectivity index (χ0n) is 10.7. The number of carbonyl (C=O) groups is 1. The Balaban J connectivity index is 2.93. The molecule has 0 atom stereocenters. The smallest absolute Gasteiger partial charge is 0.235 e. The molecule has 0 aliphatic rings. The molecule has 100 valence electrons. The molecule has 0 saturated carbocycles. The molecular formula is C12H18N2O3S. The Hall–Kier alpha value is -1.56. The highest BCUT2D eigenvalue weighted by molar-refractivity contribution is 7.92. The number of carbonyl (C=O) groups excluding carboxylic acids is 1. The second kappa shape index (κ2) is 5.39. The van der Waals surface area contributed by atoms with Gasteiger partial charge in [0.15, 0.2) is 9.84 Å². The zero-order valence-corrected chi connectivity index (χ0v) is 11.5. The van der Waals surface area contributed by atoms with E-state index in [1.807, 2.05) is 0 Å². The molecule has 18 heavy (non-hydrogen) atoms. The minimum atomic E-state index is -3.61. The van der Waals surface area contributed by atoms with Gasteiger partial charge in [-0.15, -0.1) is 0 Å². The average Bonchev–Trinajstić information content (AvgIpc) is 2.19. The molecule has 0 aliphatic heterocycles. The van der Waals surface area contributed by atoms with Crippen molar-refractivity contribution in [2.24, 2.45) is 0 Å². The molecule has 0 bridgehead atoms. The van der Waals surface area contributed by atoms with Crippen molar-refractivity contribution in [1.29, 1.82) is 0 Å². The van der Waals surface area contributed by atoms with Crippen LogP contribution in [0.1, 0.15) is 19.4 Å². The average molecular weight is 270 g/mol. The molecule has 0 saturated heterocycles. The lowest BCUT2D eigenvalue weighted by molar-refractivity contribution is -0.119. The highest BCUT2D eigenvalue weighted by Crippen LogP contribution is 2.17. The Kier molecular flexibility index (Phi) is 4.34. The van der Waals surface area contributed by atoms with Gasteiger partial charge in [0.1, 0.15) is 5.75 Å². The third kappa shape index (κ3) is 3.73. The molecule has 0 heterocycles. The molecule has 0 unspecified atom stereocenters. The van der Waals surface area contributed by atoms with E-state index >= 15 is 0 Å². The summed E-state index contributed by atoms with van der Waals surface area (Å²) in [6.45, 7) is 5.28. The molecule has 1 rings (SSSR count). The standard InChI is InChI=1S/C12H18N2O3S/c1-8(2)14-12(15)7-18(16,17)10-4-5-11(13)9(3)6-10/h4-6,8H,7,13H2,1-3H3,(H,14,15). The number of hydrogen-bond acceptors (Lipinski definition) is 4. The van der Waals surface area contributed by atoms with Crippen LogP contribution in [0.15, 0.2) is 23.1 Å². The van der Waals surface area contributed by atoms with Crippen molar-refractivity contribution in [3.05, 3.63) is 23.8 Å². The van der Waals surface area contributed by atoms with Crippen molar-refractivity contribution in [3.8, 4) is 0 Å². The molecule has 3 N–H and O–H groups in total. The first-order chi connectivity index (χ1) is 8.22. The van der Waals surface area contributed by atoms with Gasteiger partial charge in [-0.2, -0.15) is 0 Å². The van der Waals surface area contributed by atoms with Gasteiger partial charge >= 0.3 is 0 Å². The Labute approximate surface area is 107 Å². The number of benzene rings is 1. The fraction of sp³-hybridized carbons (Fsp3) is 0.417. The van der Waals surface area contributed by atoms with Crippen LogP contribution in [-0.4, -0.2) is 26.1 Å². The summed E-state index contributed by atoms with van der Waals surface area (Å²) < 4.78 is 24.0. The van der Waals surface area contributed by atoms with Gasteiger partial charge < -0.3 is 11.1 Å². The predicted octanol–water partition coefficient (Wildman–Crippen LogP) is 0.876. The Morgan fingerprint density at radius 1 is 1.39 bits per heavy atom. The van der Waals surface area contributed by atoms with Crippen molar-refractivity contribution in [1.82, 2.24) is 5.32 Å². The summed E-state index contributed by atoms with van der Waals surface area (Å²) in [5, 5.41) is 2.55. The molecule has 1 aromatic carbocycles. The summed E-state index contributed by atoms with van der Waals surface area (Å²) in [5.41, 5.74) is 6.83. The van der Waals surface area contributed by atoms with Crippen molar-refractivity contribution in [3.63, 3.8) is 0 Å². The molecule has 0 aliphatic carbocycles. The predicted molar refractivity (Wildman–Crippen MR) is 70.9 cm³/mol. The maximum absolute atomic E-state index is 12.0. The van der Waals surface area contributed by atoms with Crippen molar-refractivity contribution in [2.45, 2.75) is 31.7 Å². The zero-order chi connectivity index (χ0) is 13.9. The van der Waals surface area contributed by atoms with Gasteiger partial charge in [-0.25, -0.2) is 8.42 Å². The SMILES string of the molecule is Cc1cc(S(=O)(=O)CC(=O)NC(C)C)ccc1N. The van der Waals surface area contributed by atoms with Gasteiger partial charge in [0.2, 0.25) is 5.91 Å². The van der Waals surface area contributed by atoms with Crippen LogP contribution in [0.3, 0.4) is 0 Å². The Morgan fingerprint density at radius 3 is 2.50 bits per heavy atom. The van der Waals surface area contributed by atoms with Crippen molar-refractivity contribution < 1.29 is 13.2 Å². The van der Waals surface area contributed by atoms with E-state index in [-0.39, 0.29) is 10.9 Å². The summed E-state index contributed by atoms with van der Waals surface area (Å²) in [6, 6.07) is 4.34. The number of anilines is 1. The number of hydrogen-bond donors (Lipinski definition) is 2. The maximum Gasteiger partial charge on any atom is 0.235 e. The quantitative estimate of drug-likeness (QED) is 0.795. The van der Waals surface area contributed by atoms with Crippen LogP contribution in [0.2, 0.25) is 0 Å². The van der Waals surface area contributed by atoms with Crippen LogP contribution in [0.4, 0.5) is 5.69 Å². The van der Waals surface area contributed by atoms with E-state index in [0.29, 0.717) is 11.3 Å². The summed E-state index contributed by atoms with van der Waals surface area (Å²) in [7, 11) is -3.61. The molecule has 0 spiro atoms. The first kappa shape index (κ1) is 14.5. The number of nitrogen functional groups attached to an aromatic ring is 1. The van der Waals surface area contributed by atoms with Crippen LogP contribution in [0.5, 0.6) is 0 Å². The number of aryl methyl sites for hydroxylation is 1. The summed E-state index contributed by atoms with van der Waals surface area (Å²) in [5.74, 6) is -1.05. The van der Waals surface area contributed by atoms with Crippen LogP contribution in [0.25, 0.3) is 0 Å². The number of nitrogens with two attached hydrogens (primary N) is 1. The summed E-state index contributed by atoms with van der Waals surface area (Å²) in [4.78, 5) is 11.6. The van der Waals surface area contributed by atoms with Gasteiger partial charge in [0, 0.05) is 11.7 Å². The normalized spacial score (nSPS) is 11.6. The fourth-order valence-corrected chi connectivity index (χ4v) is 2.69. The highest BCUT2D eigenvalue weighted by atomic mass is 32.2. The van der Waals surface area contributed by atoms with Crippen molar-refractivity contribution in [2.75, 3.05) is 11.5 Å². The van der Waals surface area contributed by atoms with E-state index in [1.54, 1.807) is 20.8 Å². The van der Waals surface area contributed by atoms with E-state index in [4.69, 9.17) is 5.73 Å². The first-order valence-corrected chi connectivity index (χ1v) is 7.26. The van der Waals surface area contributed by atoms with Crippen molar-refractivity contribution >= 4 is 21.4 Å². The van der Waals surface area contributed by atoms with E-state index in [1.165, 1.54) is 18.2 Å². The third-order valence-corrected chi connectivity index (χ3v) is 3.99. The summed E-state index contributed by atoms with van der Waals surface area (Å²) in [6.07, 6.45) is 0. The number of nitrogens with one attached hydrogen (secondary N) is 1. The van der Waals surface area contributed by atoms with Gasteiger partial charge in [-0.05, 0) is 44.5 Å². The van der Waals surface area contributed by atoms with E-state index in [9.17, 15) is 13.2 Å². The molecule has 5 nitrogen and oxygen atoms in total. The molecule has 0 radical (unpaired) electrons. The Morgan fingerprint density at radius 2 is 2.00 bits per heavy atom. The lowest BCUT2D eigenvalue weighted by Crippen LogP contribution is -2.35. The second-order valence-corrected chi connectivity index (χ2v) is 6.49. The molecule has 0 fully saturated rings.